The lowest BCUT2D eigenvalue weighted by Crippen LogP contribution is -2.19. The Balaban J connectivity index is 2.03. The van der Waals surface area contributed by atoms with Crippen molar-refractivity contribution in [3.63, 3.8) is 0 Å². The van der Waals surface area contributed by atoms with Gasteiger partial charge in [-0.1, -0.05) is 11.8 Å². The Bertz CT molecular complexity index is 650. The monoisotopic (exact) mass is 268 g/mol. The molecular weight excluding hydrogens is 252 g/mol. The number of carbonyl (C=O) groups excluding carboxylic acids is 1. The Morgan fingerprint density at radius 1 is 1.50 bits per heavy atom. The summed E-state index contributed by atoms with van der Waals surface area (Å²) < 4.78 is 1.57. The SMILES string of the molecule is Cc1cc(NC(=O)Cn2cccn2)ccc1C#CCN. The quantitative estimate of drug-likeness (QED) is 0.820. The second kappa shape index (κ2) is 6.55. The predicted octanol–water partition coefficient (Wildman–Crippen LogP) is 1.14. The average Bonchev–Trinajstić information content (AvgIpc) is 2.90. The molecule has 1 aromatic carbocycles. The lowest BCUT2D eigenvalue weighted by atomic mass is 10.1. The fraction of sp³-hybridized carbons (Fsp3) is 0.200. The van der Waals surface area contributed by atoms with Gasteiger partial charge in [0.05, 0.1) is 6.54 Å². The van der Waals surface area contributed by atoms with Crippen molar-refractivity contribution in [3.8, 4) is 11.8 Å². The van der Waals surface area contributed by atoms with Gasteiger partial charge in [-0.25, -0.2) is 0 Å². The minimum atomic E-state index is -0.117. The van der Waals surface area contributed by atoms with Crippen LogP contribution in [0.1, 0.15) is 11.1 Å². The van der Waals surface area contributed by atoms with E-state index in [1.807, 2.05) is 25.1 Å². The van der Waals surface area contributed by atoms with Crippen LogP contribution in [0.4, 0.5) is 5.69 Å². The highest BCUT2D eigenvalue weighted by molar-refractivity contribution is 5.90. The highest BCUT2D eigenvalue weighted by Crippen LogP contribution is 2.14. The van der Waals surface area contributed by atoms with Gasteiger partial charge in [-0.2, -0.15) is 5.10 Å². The summed E-state index contributed by atoms with van der Waals surface area (Å²) in [5.41, 5.74) is 8.02. The van der Waals surface area contributed by atoms with Crippen LogP contribution in [0.5, 0.6) is 0 Å². The number of benzene rings is 1. The van der Waals surface area contributed by atoms with Gasteiger partial charge in [0.1, 0.15) is 6.54 Å². The molecule has 0 unspecified atom stereocenters. The molecule has 0 aliphatic carbocycles. The molecule has 0 atom stereocenters. The number of nitrogens with one attached hydrogen (secondary N) is 1. The Kier molecular flexibility index (Phi) is 4.53. The summed E-state index contributed by atoms with van der Waals surface area (Å²) in [5.74, 6) is 5.69. The summed E-state index contributed by atoms with van der Waals surface area (Å²) in [6, 6.07) is 7.37. The van der Waals surface area contributed by atoms with E-state index < -0.39 is 0 Å². The molecule has 0 saturated heterocycles. The van der Waals surface area contributed by atoms with Gasteiger partial charge in [-0.15, -0.1) is 0 Å². The van der Waals surface area contributed by atoms with Crippen molar-refractivity contribution >= 4 is 11.6 Å². The zero-order valence-corrected chi connectivity index (χ0v) is 11.3. The van der Waals surface area contributed by atoms with E-state index in [1.54, 1.807) is 23.1 Å². The molecule has 2 aromatic rings. The largest absolute Gasteiger partial charge is 0.324 e. The second-order valence-electron chi connectivity index (χ2n) is 4.29. The second-order valence-corrected chi connectivity index (χ2v) is 4.29. The van der Waals surface area contributed by atoms with Gasteiger partial charge in [-0.3, -0.25) is 9.48 Å². The number of aromatic nitrogens is 2. The predicted molar refractivity (Wildman–Crippen MR) is 78.0 cm³/mol. The molecule has 2 rings (SSSR count). The van der Waals surface area contributed by atoms with Crippen LogP contribution in [0.25, 0.3) is 0 Å². The first-order valence-corrected chi connectivity index (χ1v) is 6.26. The van der Waals surface area contributed by atoms with Gasteiger partial charge in [0.2, 0.25) is 5.91 Å². The van der Waals surface area contributed by atoms with E-state index in [1.165, 1.54) is 0 Å². The van der Waals surface area contributed by atoms with Crippen LogP contribution in [-0.4, -0.2) is 22.2 Å². The minimum absolute atomic E-state index is 0.117. The van der Waals surface area contributed by atoms with Crippen molar-refractivity contribution in [1.82, 2.24) is 9.78 Å². The zero-order valence-electron chi connectivity index (χ0n) is 11.3. The number of nitrogens with zero attached hydrogens (tertiary/aromatic N) is 2. The summed E-state index contributed by atoms with van der Waals surface area (Å²) in [7, 11) is 0. The van der Waals surface area contributed by atoms with E-state index in [9.17, 15) is 4.79 Å². The number of hydrogen-bond donors (Lipinski definition) is 2. The molecule has 1 amide bonds. The third-order valence-electron chi connectivity index (χ3n) is 2.70. The number of anilines is 1. The number of nitrogens with two attached hydrogens (primary N) is 1. The molecule has 0 fully saturated rings. The normalized spacial score (nSPS) is 9.70. The van der Waals surface area contributed by atoms with Crippen LogP contribution in [0, 0.1) is 18.8 Å². The van der Waals surface area contributed by atoms with E-state index in [-0.39, 0.29) is 12.5 Å². The summed E-state index contributed by atoms with van der Waals surface area (Å²) in [6.45, 7) is 2.48. The smallest absolute Gasteiger partial charge is 0.246 e. The zero-order chi connectivity index (χ0) is 14.4. The van der Waals surface area contributed by atoms with Crippen LogP contribution >= 0.6 is 0 Å². The van der Waals surface area contributed by atoms with Gasteiger partial charge in [0.15, 0.2) is 0 Å². The van der Waals surface area contributed by atoms with Crippen LogP contribution in [0.2, 0.25) is 0 Å². The van der Waals surface area contributed by atoms with E-state index in [0.717, 1.165) is 16.8 Å². The number of carbonyl (C=O) groups is 1. The molecule has 0 radical (unpaired) electrons. The number of rotatable bonds is 3. The van der Waals surface area contributed by atoms with Crippen molar-refractivity contribution in [3.05, 3.63) is 47.8 Å². The van der Waals surface area contributed by atoms with Crippen molar-refractivity contribution in [2.75, 3.05) is 11.9 Å². The third kappa shape index (κ3) is 3.70. The Labute approximate surface area is 117 Å². The fourth-order valence-corrected chi connectivity index (χ4v) is 1.77. The van der Waals surface area contributed by atoms with Crippen LogP contribution < -0.4 is 11.1 Å². The lowest BCUT2D eigenvalue weighted by Gasteiger charge is -2.07. The summed E-state index contributed by atoms with van der Waals surface area (Å²) in [5, 5.41) is 6.82. The molecule has 0 spiro atoms. The third-order valence-corrected chi connectivity index (χ3v) is 2.70. The first-order chi connectivity index (χ1) is 9.69. The molecule has 0 aliphatic rings. The van der Waals surface area contributed by atoms with E-state index in [2.05, 4.69) is 22.3 Å². The average molecular weight is 268 g/mol. The molecule has 0 aliphatic heterocycles. The number of aryl methyl sites for hydroxylation is 1. The first-order valence-electron chi connectivity index (χ1n) is 6.26. The maximum atomic E-state index is 11.8. The van der Waals surface area contributed by atoms with Crippen molar-refractivity contribution in [2.24, 2.45) is 5.73 Å². The fourth-order valence-electron chi connectivity index (χ4n) is 1.77. The van der Waals surface area contributed by atoms with E-state index >= 15 is 0 Å². The van der Waals surface area contributed by atoms with E-state index in [4.69, 9.17) is 5.73 Å². The number of amides is 1. The Morgan fingerprint density at radius 2 is 2.35 bits per heavy atom. The van der Waals surface area contributed by atoms with Crippen LogP contribution in [0.15, 0.2) is 36.7 Å². The van der Waals surface area contributed by atoms with Gasteiger partial charge in [0.25, 0.3) is 0 Å². The van der Waals surface area contributed by atoms with Crippen LogP contribution in [0.3, 0.4) is 0 Å². The van der Waals surface area contributed by atoms with Gasteiger partial charge >= 0.3 is 0 Å². The summed E-state index contributed by atoms with van der Waals surface area (Å²) in [6.07, 6.45) is 3.39. The highest BCUT2D eigenvalue weighted by Gasteiger charge is 2.04. The van der Waals surface area contributed by atoms with Gasteiger partial charge < -0.3 is 11.1 Å². The molecule has 20 heavy (non-hydrogen) atoms. The Hall–Kier alpha value is -2.58. The Morgan fingerprint density at radius 3 is 3.00 bits per heavy atom. The van der Waals surface area contributed by atoms with Crippen molar-refractivity contribution in [1.29, 1.82) is 0 Å². The molecule has 1 aromatic heterocycles. The maximum Gasteiger partial charge on any atom is 0.246 e. The number of hydrogen-bond acceptors (Lipinski definition) is 3. The van der Waals surface area contributed by atoms with Gasteiger partial charge in [0, 0.05) is 23.6 Å². The molecular formula is C15H16N4O. The topological polar surface area (TPSA) is 72.9 Å². The van der Waals surface area contributed by atoms with Crippen LogP contribution in [-0.2, 0) is 11.3 Å². The van der Waals surface area contributed by atoms with Gasteiger partial charge in [-0.05, 0) is 36.8 Å². The van der Waals surface area contributed by atoms with Crippen molar-refractivity contribution in [2.45, 2.75) is 13.5 Å². The molecule has 5 heteroatoms. The lowest BCUT2D eigenvalue weighted by molar-refractivity contribution is -0.116. The van der Waals surface area contributed by atoms with E-state index in [0.29, 0.717) is 6.54 Å². The molecule has 0 bridgehead atoms. The molecule has 102 valence electrons. The molecule has 3 N–H and O–H groups in total. The first kappa shape index (κ1) is 13.8. The molecule has 5 nitrogen and oxygen atoms in total. The molecule has 1 heterocycles. The van der Waals surface area contributed by atoms with Crippen molar-refractivity contribution < 1.29 is 4.79 Å². The minimum Gasteiger partial charge on any atom is -0.324 e. The standard InChI is InChI=1S/C15H16N4O/c1-12-10-14(6-5-13(12)4-2-7-16)18-15(20)11-19-9-3-8-17-19/h3,5-6,8-10H,7,11,16H2,1H3,(H,18,20). The molecule has 0 saturated carbocycles. The summed E-state index contributed by atoms with van der Waals surface area (Å²) >= 11 is 0. The maximum absolute atomic E-state index is 11.8. The summed E-state index contributed by atoms with van der Waals surface area (Å²) in [4.78, 5) is 11.8. The highest BCUT2D eigenvalue weighted by atomic mass is 16.2.